The number of amides is 2. The maximum absolute atomic E-state index is 12.8. The van der Waals surface area contributed by atoms with Crippen LogP contribution in [0.25, 0.3) is 0 Å². The summed E-state index contributed by atoms with van der Waals surface area (Å²) < 4.78 is 1.57. The lowest BCUT2D eigenvalue weighted by molar-refractivity contribution is -0.125. The van der Waals surface area contributed by atoms with Gasteiger partial charge in [-0.25, -0.2) is 0 Å². The smallest absolute Gasteiger partial charge is 0.246 e. The summed E-state index contributed by atoms with van der Waals surface area (Å²) >= 11 is 0. The Kier molecular flexibility index (Phi) is 6.74. The van der Waals surface area contributed by atoms with Crippen molar-refractivity contribution in [1.29, 1.82) is 0 Å². The van der Waals surface area contributed by atoms with Gasteiger partial charge >= 0.3 is 0 Å². The summed E-state index contributed by atoms with van der Waals surface area (Å²) in [7, 11) is 0. The Bertz CT molecular complexity index is 1000. The largest absolute Gasteiger partial charge is 0.351 e. The number of benzene rings is 2. The van der Waals surface area contributed by atoms with Crippen LogP contribution in [0, 0.1) is 0 Å². The van der Waals surface area contributed by atoms with Crippen molar-refractivity contribution in [1.82, 2.24) is 20.0 Å². The Morgan fingerprint density at radius 2 is 1.87 bits per heavy atom. The molecule has 0 aliphatic carbocycles. The van der Waals surface area contributed by atoms with Gasteiger partial charge in [0, 0.05) is 31.2 Å². The number of hydrogen-bond donors (Lipinski definition) is 2. The Morgan fingerprint density at radius 1 is 1.03 bits per heavy atom. The summed E-state index contributed by atoms with van der Waals surface area (Å²) in [5, 5.41) is 9.98. The van der Waals surface area contributed by atoms with E-state index in [1.165, 1.54) is 5.56 Å². The molecule has 31 heavy (non-hydrogen) atoms. The molecule has 0 spiro atoms. The molecule has 1 aliphatic heterocycles. The molecule has 7 nitrogen and oxygen atoms in total. The lowest BCUT2D eigenvalue weighted by atomic mass is 10.1. The van der Waals surface area contributed by atoms with Crippen LogP contribution in [0.3, 0.4) is 0 Å². The van der Waals surface area contributed by atoms with Gasteiger partial charge in [0.2, 0.25) is 11.8 Å². The Morgan fingerprint density at radius 3 is 2.68 bits per heavy atom. The van der Waals surface area contributed by atoms with E-state index in [4.69, 9.17) is 0 Å². The van der Waals surface area contributed by atoms with Gasteiger partial charge in [0.15, 0.2) is 0 Å². The molecule has 1 fully saturated rings. The number of likely N-dealkylation sites (tertiary alicyclic amines) is 1. The monoisotopic (exact) mass is 417 g/mol. The van der Waals surface area contributed by atoms with E-state index < -0.39 is 0 Å². The van der Waals surface area contributed by atoms with Crippen LogP contribution in [0.2, 0.25) is 0 Å². The molecule has 2 amide bonds. The summed E-state index contributed by atoms with van der Waals surface area (Å²) in [4.78, 5) is 27.2. The Labute approximate surface area is 182 Å². The van der Waals surface area contributed by atoms with E-state index in [2.05, 4.69) is 32.8 Å². The molecule has 3 aromatic rings. The number of aromatic nitrogens is 2. The van der Waals surface area contributed by atoms with E-state index >= 15 is 0 Å². The number of carbonyl (C=O) groups is 2. The van der Waals surface area contributed by atoms with E-state index in [-0.39, 0.29) is 24.4 Å². The minimum absolute atomic E-state index is 0.0570. The number of nitrogens with one attached hydrogen (secondary N) is 2. The van der Waals surface area contributed by atoms with E-state index in [1.807, 2.05) is 42.5 Å². The van der Waals surface area contributed by atoms with Gasteiger partial charge in [-0.2, -0.15) is 5.10 Å². The third kappa shape index (κ3) is 5.79. The van der Waals surface area contributed by atoms with Crippen molar-refractivity contribution < 1.29 is 9.59 Å². The predicted octanol–water partition coefficient (Wildman–Crippen LogP) is 2.80. The fourth-order valence-electron chi connectivity index (χ4n) is 3.94. The zero-order chi connectivity index (χ0) is 21.5. The van der Waals surface area contributed by atoms with Gasteiger partial charge in [0.05, 0.1) is 6.04 Å². The summed E-state index contributed by atoms with van der Waals surface area (Å²) in [6.45, 7) is 2.31. The molecule has 160 valence electrons. The number of hydrogen-bond acceptors (Lipinski definition) is 4. The molecular weight excluding hydrogens is 390 g/mol. The maximum atomic E-state index is 12.8. The van der Waals surface area contributed by atoms with Crippen LogP contribution in [0.1, 0.15) is 24.0 Å². The minimum Gasteiger partial charge on any atom is -0.351 e. The number of nitrogens with zero attached hydrogens (tertiary/aromatic N) is 3. The highest BCUT2D eigenvalue weighted by Gasteiger charge is 2.30. The molecule has 2 N–H and O–H groups in total. The summed E-state index contributed by atoms with van der Waals surface area (Å²) in [6.07, 6.45) is 5.29. The molecule has 1 aromatic heterocycles. The van der Waals surface area contributed by atoms with Crippen molar-refractivity contribution in [2.24, 2.45) is 0 Å². The number of rotatable bonds is 8. The van der Waals surface area contributed by atoms with Crippen LogP contribution in [0.5, 0.6) is 0 Å². The van der Waals surface area contributed by atoms with Gasteiger partial charge in [-0.3, -0.25) is 19.2 Å². The Balaban J connectivity index is 1.29. The van der Waals surface area contributed by atoms with Crippen LogP contribution in [-0.4, -0.2) is 39.1 Å². The first-order chi connectivity index (χ1) is 15.2. The molecule has 1 unspecified atom stereocenters. The molecule has 0 saturated carbocycles. The van der Waals surface area contributed by atoms with Crippen molar-refractivity contribution in [3.63, 3.8) is 0 Å². The molecule has 1 saturated heterocycles. The molecule has 4 rings (SSSR count). The fraction of sp³-hybridized carbons (Fsp3) is 0.292. The lowest BCUT2D eigenvalue weighted by Gasteiger charge is -2.23. The van der Waals surface area contributed by atoms with Gasteiger partial charge in [-0.05, 0) is 48.7 Å². The quantitative estimate of drug-likeness (QED) is 0.591. The highest BCUT2D eigenvalue weighted by Crippen LogP contribution is 2.20. The molecular formula is C24H27N5O2. The second kappa shape index (κ2) is 10.0. The Hall–Kier alpha value is -3.45. The highest BCUT2D eigenvalue weighted by atomic mass is 16.2. The van der Waals surface area contributed by atoms with E-state index in [1.54, 1.807) is 23.1 Å². The topological polar surface area (TPSA) is 79.3 Å². The molecule has 2 aromatic carbocycles. The predicted molar refractivity (Wildman–Crippen MR) is 119 cm³/mol. The van der Waals surface area contributed by atoms with Crippen LogP contribution in [0.15, 0.2) is 73.1 Å². The first kappa shape index (κ1) is 20.8. The second-order valence-corrected chi connectivity index (χ2v) is 7.78. The lowest BCUT2D eigenvalue weighted by Crippen LogP contribution is -2.42. The normalized spacial score (nSPS) is 16.2. The average Bonchev–Trinajstić information content (AvgIpc) is 3.45. The molecule has 2 heterocycles. The van der Waals surface area contributed by atoms with Crippen molar-refractivity contribution in [3.05, 3.63) is 84.2 Å². The third-order valence-corrected chi connectivity index (χ3v) is 5.44. The standard InChI is InChI=1S/C24H27N5O2/c30-23(18-29-14-6-12-26-29)27-21-10-4-9-20(15-21)16-25-24(31)22-11-5-13-28(22)17-19-7-2-1-3-8-19/h1-4,6-10,12,14-15,22H,5,11,13,16-18H2,(H,25,31)(H,27,30). The highest BCUT2D eigenvalue weighted by molar-refractivity contribution is 5.90. The molecule has 1 atom stereocenters. The molecule has 0 bridgehead atoms. The zero-order valence-electron chi connectivity index (χ0n) is 17.4. The van der Waals surface area contributed by atoms with Gasteiger partial charge in [0.1, 0.15) is 6.54 Å². The average molecular weight is 418 g/mol. The summed E-state index contributed by atoms with van der Waals surface area (Å²) in [6, 6.07) is 19.5. The van der Waals surface area contributed by atoms with Gasteiger partial charge in [0.25, 0.3) is 0 Å². The maximum Gasteiger partial charge on any atom is 0.246 e. The van der Waals surface area contributed by atoms with Crippen LogP contribution in [0.4, 0.5) is 5.69 Å². The van der Waals surface area contributed by atoms with Crippen molar-refractivity contribution in [2.75, 3.05) is 11.9 Å². The molecule has 7 heteroatoms. The number of anilines is 1. The molecule has 0 radical (unpaired) electrons. The van der Waals surface area contributed by atoms with Crippen molar-refractivity contribution >= 4 is 17.5 Å². The number of carbonyl (C=O) groups excluding carboxylic acids is 2. The van der Waals surface area contributed by atoms with Crippen LogP contribution >= 0.6 is 0 Å². The van der Waals surface area contributed by atoms with Gasteiger partial charge in [-0.1, -0.05) is 42.5 Å². The third-order valence-electron chi connectivity index (χ3n) is 5.44. The van der Waals surface area contributed by atoms with E-state index in [0.717, 1.165) is 31.5 Å². The minimum atomic E-state index is -0.146. The zero-order valence-corrected chi connectivity index (χ0v) is 17.4. The summed E-state index contributed by atoms with van der Waals surface area (Å²) in [5.41, 5.74) is 2.87. The molecule has 1 aliphatic rings. The first-order valence-corrected chi connectivity index (χ1v) is 10.6. The first-order valence-electron chi connectivity index (χ1n) is 10.6. The van der Waals surface area contributed by atoms with Crippen LogP contribution < -0.4 is 10.6 Å². The van der Waals surface area contributed by atoms with Gasteiger partial charge in [-0.15, -0.1) is 0 Å². The fourth-order valence-corrected chi connectivity index (χ4v) is 3.94. The van der Waals surface area contributed by atoms with Crippen molar-refractivity contribution in [3.8, 4) is 0 Å². The summed E-state index contributed by atoms with van der Waals surface area (Å²) in [5.74, 6) is -0.0889. The van der Waals surface area contributed by atoms with Crippen molar-refractivity contribution in [2.45, 2.75) is 38.5 Å². The second-order valence-electron chi connectivity index (χ2n) is 7.78. The SMILES string of the molecule is O=C(Cn1cccn1)Nc1cccc(CNC(=O)C2CCCN2Cc2ccccc2)c1. The van der Waals surface area contributed by atoms with Gasteiger partial charge < -0.3 is 10.6 Å². The van der Waals surface area contributed by atoms with E-state index in [0.29, 0.717) is 12.2 Å². The van der Waals surface area contributed by atoms with E-state index in [9.17, 15) is 9.59 Å². The van der Waals surface area contributed by atoms with Crippen LogP contribution in [-0.2, 0) is 29.2 Å².